The minimum Gasteiger partial charge on any atom is -0.370 e. The smallest absolute Gasteiger partial charge is 0.191 e. The Labute approximate surface area is 105 Å². The van der Waals surface area contributed by atoms with Gasteiger partial charge in [-0.05, 0) is 25.7 Å². The van der Waals surface area contributed by atoms with E-state index in [0.29, 0.717) is 12.1 Å². The quantitative estimate of drug-likeness (QED) is 0.592. The van der Waals surface area contributed by atoms with Crippen LogP contribution >= 0.6 is 0 Å². The molecule has 2 aliphatic carbocycles. The highest BCUT2D eigenvalue weighted by molar-refractivity contribution is 5.78. The van der Waals surface area contributed by atoms with E-state index in [4.69, 9.17) is 10.7 Å². The van der Waals surface area contributed by atoms with Crippen molar-refractivity contribution in [1.82, 2.24) is 4.90 Å². The average molecular weight is 237 g/mol. The van der Waals surface area contributed by atoms with Gasteiger partial charge < -0.3 is 10.6 Å². The fraction of sp³-hybridized carbons (Fsp3) is 0.929. The maximum atomic E-state index is 6.15. The van der Waals surface area contributed by atoms with Crippen LogP contribution in [0.25, 0.3) is 0 Å². The molecule has 0 unspecified atom stereocenters. The Bertz CT molecular complexity index is 250. The molecule has 2 saturated carbocycles. The van der Waals surface area contributed by atoms with Crippen molar-refractivity contribution < 1.29 is 0 Å². The zero-order valence-corrected chi connectivity index (χ0v) is 11.2. The maximum Gasteiger partial charge on any atom is 0.191 e. The van der Waals surface area contributed by atoms with Crippen LogP contribution in [0.1, 0.15) is 64.2 Å². The summed E-state index contributed by atoms with van der Waals surface area (Å²) in [5.41, 5.74) is 6.15. The molecule has 17 heavy (non-hydrogen) atoms. The predicted molar refractivity (Wildman–Crippen MR) is 73.1 cm³/mol. The standard InChI is InChI=1S/C14H27N3/c1-17(13-10-6-3-7-11-13)14(15)16-12-8-4-2-5-9-12/h12-13H,2-11H2,1H3,(H2,15,16). The molecule has 0 atom stereocenters. The van der Waals surface area contributed by atoms with Gasteiger partial charge >= 0.3 is 0 Å². The average Bonchev–Trinajstić information content (AvgIpc) is 2.40. The van der Waals surface area contributed by atoms with Crippen LogP contribution in [-0.2, 0) is 0 Å². The van der Waals surface area contributed by atoms with Crippen LogP contribution in [0, 0.1) is 0 Å². The van der Waals surface area contributed by atoms with Crippen LogP contribution in [0.2, 0.25) is 0 Å². The Morgan fingerprint density at radius 2 is 1.47 bits per heavy atom. The number of nitrogens with zero attached hydrogens (tertiary/aromatic N) is 2. The van der Waals surface area contributed by atoms with Crippen molar-refractivity contribution in [1.29, 1.82) is 0 Å². The summed E-state index contributed by atoms with van der Waals surface area (Å²) in [7, 11) is 2.12. The third-order valence-electron chi connectivity index (χ3n) is 4.37. The molecule has 0 radical (unpaired) electrons. The van der Waals surface area contributed by atoms with Gasteiger partial charge in [0.25, 0.3) is 0 Å². The first-order valence-corrected chi connectivity index (χ1v) is 7.33. The van der Waals surface area contributed by atoms with Gasteiger partial charge in [0.1, 0.15) is 0 Å². The Kier molecular flexibility index (Phi) is 4.69. The van der Waals surface area contributed by atoms with Crippen molar-refractivity contribution in [2.24, 2.45) is 10.7 Å². The summed E-state index contributed by atoms with van der Waals surface area (Å²) < 4.78 is 0. The Morgan fingerprint density at radius 1 is 0.941 bits per heavy atom. The van der Waals surface area contributed by atoms with E-state index in [1.54, 1.807) is 0 Å². The van der Waals surface area contributed by atoms with Crippen molar-refractivity contribution in [3.8, 4) is 0 Å². The molecular weight excluding hydrogens is 210 g/mol. The lowest BCUT2D eigenvalue weighted by molar-refractivity contribution is 0.274. The summed E-state index contributed by atoms with van der Waals surface area (Å²) in [4.78, 5) is 6.96. The van der Waals surface area contributed by atoms with E-state index in [9.17, 15) is 0 Å². The van der Waals surface area contributed by atoms with Gasteiger partial charge in [0.15, 0.2) is 5.96 Å². The summed E-state index contributed by atoms with van der Waals surface area (Å²) in [6.45, 7) is 0. The van der Waals surface area contributed by atoms with Crippen molar-refractivity contribution in [3.63, 3.8) is 0 Å². The number of nitrogens with two attached hydrogens (primary N) is 1. The second-order valence-electron chi connectivity index (χ2n) is 5.68. The molecule has 0 spiro atoms. The van der Waals surface area contributed by atoms with E-state index < -0.39 is 0 Å². The molecule has 2 rings (SSSR count). The van der Waals surface area contributed by atoms with E-state index in [1.807, 2.05) is 0 Å². The lowest BCUT2D eigenvalue weighted by atomic mass is 9.94. The summed E-state index contributed by atoms with van der Waals surface area (Å²) in [6.07, 6.45) is 13.2. The molecule has 0 aromatic carbocycles. The fourth-order valence-electron chi connectivity index (χ4n) is 3.14. The summed E-state index contributed by atoms with van der Waals surface area (Å²) in [5.74, 6) is 0.781. The predicted octanol–water partition coefficient (Wildman–Crippen LogP) is 2.90. The van der Waals surface area contributed by atoms with E-state index in [2.05, 4.69) is 11.9 Å². The number of rotatable bonds is 2. The largest absolute Gasteiger partial charge is 0.370 e. The van der Waals surface area contributed by atoms with Gasteiger partial charge in [-0.3, -0.25) is 0 Å². The zero-order valence-electron chi connectivity index (χ0n) is 11.2. The van der Waals surface area contributed by atoms with E-state index in [1.165, 1.54) is 64.2 Å². The Morgan fingerprint density at radius 3 is 2.06 bits per heavy atom. The number of hydrogen-bond acceptors (Lipinski definition) is 1. The summed E-state index contributed by atoms with van der Waals surface area (Å²) in [6, 6.07) is 1.13. The van der Waals surface area contributed by atoms with E-state index in [-0.39, 0.29) is 0 Å². The van der Waals surface area contributed by atoms with Crippen molar-refractivity contribution in [3.05, 3.63) is 0 Å². The van der Waals surface area contributed by atoms with E-state index >= 15 is 0 Å². The van der Waals surface area contributed by atoms with Gasteiger partial charge in [-0.25, -0.2) is 4.99 Å². The van der Waals surface area contributed by atoms with Crippen LogP contribution < -0.4 is 5.73 Å². The fourth-order valence-corrected chi connectivity index (χ4v) is 3.14. The van der Waals surface area contributed by atoms with Crippen LogP contribution in [-0.4, -0.2) is 30.0 Å². The Balaban J connectivity index is 1.87. The highest BCUT2D eigenvalue weighted by atomic mass is 15.3. The highest BCUT2D eigenvalue weighted by Gasteiger charge is 2.20. The van der Waals surface area contributed by atoms with Crippen LogP contribution in [0.4, 0.5) is 0 Å². The molecule has 2 fully saturated rings. The SMILES string of the molecule is CN(C(N)=NC1CCCCC1)C1CCCCC1. The maximum absolute atomic E-state index is 6.15. The first kappa shape index (κ1) is 12.7. The van der Waals surface area contributed by atoms with Gasteiger partial charge in [-0.2, -0.15) is 0 Å². The molecular formula is C14H27N3. The molecule has 0 aliphatic heterocycles. The third-order valence-corrected chi connectivity index (χ3v) is 4.37. The topological polar surface area (TPSA) is 41.6 Å². The van der Waals surface area contributed by atoms with E-state index in [0.717, 1.165) is 5.96 Å². The first-order valence-electron chi connectivity index (χ1n) is 7.33. The van der Waals surface area contributed by atoms with Crippen LogP contribution in [0.3, 0.4) is 0 Å². The van der Waals surface area contributed by atoms with Gasteiger partial charge in [0.05, 0.1) is 6.04 Å². The molecule has 0 heterocycles. The molecule has 0 bridgehead atoms. The molecule has 2 aliphatic rings. The monoisotopic (exact) mass is 237 g/mol. The number of guanidine groups is 1. The zero-order chi connectivity index (χ0) is 12.1. The number of aliphatic imine (C=N–C) groups is 1. The summed E-state index contributed by atoms with van der Waals surface area (Å²) in [5, 5.41) is 0. The van der Waals surface area contributed by atoms with Crippen LogP contribution in [0.5, 0.6) is 0 Å². The number of hydrogen-bond donors (Lipinski definition) is 1. The van der Waals surface area contributed by atoms with Gasteiger partial charge in [-0.15, -0.1) is 0 Å². The summed E-state index contributed by atoms with van der Waals surface area (Å²) >= 11 is 0. The molecule has 3 nitrogen and oxygen atoms in total. The normalized spacial score (nSPS) is 24.9. The second-order valence-corrected chi connectivity index (χ2v) is 5.68. The molecule has 2 N–H and O–H groups in total. The van der Waals surface area contributed by atoms with Gasteiger partial charge in [-0.1, -0.05) is 38.5 Å². The Hall–Kier alpha value is -0.730. The lowest BCUT2D eigenvalue weighted by Crippen LogP contribution is -2.43. The van der Waals surface area contributed by atoms with Gasteiger partial charge in [0.2, 0.25) is 0 Å². The molecule has 0 aromatic heterocycles. The van der Waals surface area contributed by atoms with Crippen molar-refractivity contribution >= 4 is 5.96 Å². The molecule has 0 saturated heterocycles. The molecule has 3 heteroatoms. The molecule has 0 aromatic rings. The van der Waals surface area contributed by atoms with Crippen molar-refractivity contribution in [2.45, 2.75) is 76.3 Å². The van der Waals surface area contributed by atoms with Crippen LogP contribution in [0.15, 0.2) is 4.99 Å². The first-order chi connectivity index (χ1) is 8.27. The highest BCUT2D eigenvalue weighted by Crippen LogP contribution is 2.23. The minimum atomic E-state index is 0.495. The second kappa shape index (κ2) is 6.27. The minimum absolute atomic E-state index is 0.495. The van der Waals surface area contributed by atoms with Gasteiger partial charge in [0, 0.05) is 13.1 Å². The third kappa shape index (κ3) is 3.62. The molecule has 0 amide bonds. The van der Waals surface area contributed by atoms with Crippen molar-refractivity contribution in [2.75, 3.05) is 7.05 Å². The lowest BCUT2D eigenvalue weighted by Gasteiger charge is -2.32. The molecule has 98 valence electrons.